The lowest BCUT2D eigenvalue weighted by Gasteiger charge is -2.09. The van der Waals surface area contributed by atoms with E-state index in [1.54, 1.807) is 48.4 Å². The summed E-state index contributed by atoms with van der Waals surface area (Å²) >= 11 is 1.58. The summed E-state index contributed by atoms with van der Waals surface area (Å²) in [7, 11) is 0. The van der Waals surface area contributed by atoms with Crippen molar-refractivity contribution in [3.8, 4) is 11.4 Å². The third-order valence-electron chi connectivity index (χ3n) is 4.76. The second-order valence-corrected chi connectivity index (χ2v) is 7.91. The number of nitrogens with zero attached hydrogens (tertiary/aromatic N) is 4. The fourth-order valence-electron chi connectivity index (χ4n) is 3.11. The van der Waals surface area contributed by atoms with Gasteiger partial charge in [-0.05, 0) is 42.0 Å². The molecule has 0 aliphatic carbocycles. The molecule has 0 aliphatic heterocycles. The Bertz CT molecular complexity index is 1220. The minimum Gasteiger partial charge on any atom is -0.397 e. The number of para-hydroxylation sites is 2. The van der Waals surface area contributed by atoms with Crippen LogP contribution in [0.4, 0.5) is 11.4 Å². The Morgan fingerprint density at radius 1 is 1.06 bits per heavy atom. The maximum absolute atomic E-state index is 12.5. The highest BCUT2D eigenvalue weighted by Crippen LogP contribution is 2.26. The van der Waals surface area contributed by atoms with E-state index in [4.69, 9.17) is 5.73 Å². The first-order valence-electron chi connectivity index (χ1n) is 9.98. The highest BCUT2D eigenvalue weighted by atomic mass is 32.2. The van der Waals surface area contributed by atoms with Gasteiger partial charge in [-0.1, -0.05) is 42.1 Å². The Kier molecular flexibility index (Phi) is 6.62. The predicted molar refractivity (Wildman–Crippen MR) is 128 cm³/mol. The van der Waals surface area contributed by atoms with Gasteiger partial charge in [0.25, 0.3) is 5.91 Å². The van der Waals surface area contributed by atoms with Gasteiger partial charge in [0.15, 0.2) is 11.0 Å². The molecular weight excluding hydrogens is 420 g/mol. The second-order valence-electron chi connectivity index (χ2n) is 6.97. The van der Waals surface area contributed by atoms with Crippen LogP contribution in [0.25, 0.3) is 11.4 Å². The molecule has 0 saturated heterocycles. The minimum atomic E-state index is -0.199. The standard InChI is InChI=1S/C24H22N6OS/c1-2-15-30-22(18-11-13-26-14-12-18)28-29-24(30)32-16-17-7-9-19(10-8-17)23(31)27-21-6-4-3-5-20(21)25/h2-14H,1,15-16,25H2,(H,27,31). The zero-order valence-corrected chi connectivity index (χ0v) is 18.1. The van der Waals surface area contributed by atoms with Crippen molar-refractivity contribution in [2.75, 3.05) is 11.1 Å². The van der Waals surface area contributed by atoms with Crippen LogP contribution in [0.5, 0.6) is 0 Å². The van der Waals surface area contributed by atoms with Gasteiger partial charge in [-0.15, -0.1) is 16.8 Å². The van der Waals surface area contributed by atoms with Crippen molar-refractivity contribution in [2.45, 2.75) is 17.5 Å². The van der Waals surface area contributed by atoms with Gasteiger partial charge in [0.05, 0.1) is 11.4 Å². The summed E-state index contributed by atoms with van der Waals surface area (Å²) < 4.78 is 2.03. The summed E-state index contributed by atoms with van der Waals surface area (Å²) in [6, 6.07) is 18.5. The first-order valence-corrected chi connectivity index (χ1v) is 11.0. The van der Waals surface area contributed by atoms with E-state index in [1.807, 2.05) is 47.0 Å². The molecule has 4 aromatic rings. The lowest BCUT2D eigenvalue weighted by atomic mass is 10.1. The molecule has 0 aliphatic rings. The summed E-state index contributed by atoms with van der Waals surface area (Å²) in [5.41, 5.74) is 9.62. The molecule has 2 aromatic heterocycles. The van der Waals surface area contributed by atoms with Crippen molar-refractivity contribution in [2.24, 2.45) is 0 Å². The Hall–Kier alpha value is -3.91. The Morgan fingerprint density at radius 3 is 2.53 bits per heavy atom. The number of carbonyl (C=O) groups is 1. The average Bonchev–Trinajstić information content (AvgIpc) is 3.23. The summed E-state index contributed by atoms with van der Waals surface area (Å²) in [5, 5.41) is 12.4. The molecule has 1 amide bonds. The van der Waals surface area contributed by atoms with E-state index in [-0.39, 0.29) is 5.91 Å². The molecule has 0 saturated carbocycles. The molecule has 0 bridgehead atoms. The monoisotopic (exact) mass is 442 g/mol. The molecule has 0 unspecified atom stereocenters. The third-order valence-corrected chi connectivity index (χ3v) is 5.80. The van der Waals surface area contributed by atoms with Crippen LogP contribution < -0.4 is 11.1 Å². The molecular formula is C24H22N6OS. The number of nitrogen functional groups attached to an aromatic ring is 1. The van der Waals surface area contributed by atoms with E-state index in [2.05, 4.69) is 27.1 Å². The van der Waals surface area contributed by atoms with E-state index < -0.39 is 0 Å². The van der Waals surface area contributed by atoms with Gasteiger partial charge < -0.3 is 11.1 Å². The molecule has 4 rings (SSSR count). The number of rotatable bonds is 8. The maximum atomic E-state index is 12.5. The van der Waals surface area contributed by atoms with E-state index in [0.717, 1.165) is 22.1 Å². The van der Waals surface area contributed by atoms with Crippen molar-refractivity contribution >= 4 is 29.0 Å². The lowest BCUT2D eigenvalue weighted by molar-refractivity contribution is 0.102. The number of nitrogens with one attached hydrogen (secondary N) is 1. The smallest absolute Gasteiger partial charge is 0.255 e. The molecule has 0 radical (unpaired) electrons. The zero-order chi connectivity index (χ0) is 22.3. The lowest BCUT2D eigenvalue weighted by Crippen LogP contribution is -2.13. The highest BCUT2D eigenvalue weighted by molar-refractivity contribution is 7.98. The number of thioether (sulfide) groups is 1. The van der Waals surface area contributed by atoms with Crippen LogP contribution >= 0.6 is 11.8 Å². The summed E-state index contributed by atoms with van der Waals surface area (Å²) in [5.74, 6) is 1.27. The van der Waals surface area contributed by atoms with Gasteiger partial charge in [0.2, 0.25) is 0 Å². The molecule has 8 heteroatoms. The first-order chi connectivity index (χ1) is 15.7. The van der Waals surface area contributed by atoms with Crippen molar-refractivity contribution < 1.29 is 4.79 Å². The normalized spacial score (nSPS) is 10.6. The van der Waals surface area contributed by atoms with E-state index >= 15 is 0 Å². The molecule has 0 atom stereocenters. The van der Waals surface area contributed by atoms with Gasteiger partial charge >= 0.3 is 0 Å². The fourth-order valence-corrected chi connectivity index (χ4v) is 4.01. The summed E-state index contributed by atoms with van der Waals surface area (Å²) in [6.07, 6.45) is 5.29. The molecule has 7 nitrogen and oxygen atoms in total. The number of carbonyl (C=O) groups excluding carboxylic acids is 1. The molecule has 0 spiro atoms. The van der Waals surface area contributed by atoms with Crippen LogP contribution in [0.15, 0.2) is 90.9 Å². The number of amides is 1. The average molecular weight is 443 g/mol. The summed E-state index contributed by atoms with van der Waals surface area (Å²) in [4.78, 5) is 16.6. The van der Waals surface area contributed by atoms with Crippen molar-refractivity contribution in [1.82, 2.24) is 19.7 Å². The number of hydrogen-bond donors (Lipinski definition) is 2. The molecule has 0 fully saturated rings. The number of benzene rings is 2. The number of hydrogen-bond acceptors (Lipinski definition) is 6. The van der Waals surface area contributed by atoms with Crippen LogP contribution in [0, 0.1) is 0 Å². The number of nitrogens with two attached hydrogens (primary N) is 1. The predicted octanol–water partition coefficient (Wildman–Crippen LogP) is 4.65. The largest absolute Gasteiger partial charge is 0.397 e. The van der Waals surface area contributed by atoms with E-state index in [9.17, 15) is 4.79 Å². The van der Waals surface area contributed by atoms with Gasteiger partial charge in [-0.2, -0.15) is 0 Å². The Labute approximate surface area is 190 Å². The quantitative estimate of drug-likeness (QED) is 0.234. The summed E-state index contributed by atoms with van der Waals surface area (Å²) in [6.45, 7) is 4.45. The number of allylic oxidation sites excluding steroid dienone is 1. The van der Waals surface area contributed by atoms with E-state index in [0.29, 0.717) is 29.2 Å². The van der Waals surface area contributed by atoms with E-state index in [1.165, 1.54) is 0 Å². The molecule has 2 heterocycles. The topological polar surface area (TPSA) is 98.7 Å². The first kappa shape index (κ1) is 21.3. The van der Waals surface area contributed by atoms with Crippen molar-refractivity contribution in [3.05, 3.63) is 96.8 Å². The van der Waals surface area contributed by atoms with Crippen LogP contribution in [0.2, 0.25) is 0 Å². The van der Waals surface area contributed by atoms with Crippen LogP contribution in [0.3, 0.4) is 0 Å². The number of pyridine rings is 1. The molecule has 3 N–H and O–H groups in total. The van der Waals surface area contributed by atoms with Crippen molar-refractivity contribution in [3.63, 3.8) is 0 Å². The molecule has 160 valence electrons. The minimum absolute atomic E-state index is 0.199. The van der Waals surface area contributed by atoms with Gasteiger partial charge in [0, 0.05) is 35.8 Å². The molecule has 32 heavy (non-hydrogen) atoms. The third kappa shape index (κ3) is 4.87. The van der Waals surface area contributed by atoms with Gasteiger partial charge in [-0.3, -0.25) is 14.3 Å². The second kappa shape index (κ2) is 9.93. The van der Waals surface area contributed by atoms with Crippen LogP contribution in [-0.4, -0.2) is 25.7 Å². The Balaban J connectivity index is 1.43. The van der Waals surface area contributed by atoms with Crippen molar-refractivity contribution in [1.29, 1.82) is 0 Å². The number of anilines is 2. The van der Waals surface area contributed by atoms with Crippen LogP contribution in [-0.2, 0) is 12.3 Å². The Morgan fingerprint density at radius 2 is 1.81 bits per heavy atom. The highest BCUT2D eigenvalue weighted by Gasteiger charge is 2.14. The van der Waals surface area contributed by atoms with Crippen LogP contribution in [0.1, 0.15) is 15.9 Å². The fraction of sp³-hybridized carbons (Fsp3) is 0.0833. The SMILES string of the molecule is C=CCn1c(SCc2ccc(C(=O)Nc3ccccc3N)cc2)nnc1-c1ccncc1. The number of aromatic nitrogens is 4. The molecule has 2 aromatic carbocycles. The van der Waals surface area contributed by atoms with Gasteiger partial charge in [-0.25, -0.2) is 0 Å². The maximum Gasteiger partial charge on any atom is 0.255 e. The zero-order valence-electron chi connectivity index (χ0n) is 17.3. The van der Waals surface area contributed by atoms with Gasteiger partial charge in [0.1, 0.15) is 0 Å².